The molecule has 2 atom stereocenters. The molecule has 0 rings (SSSR count). The van der Waals surface area contributed by atoms with Crippen LogP contribution >= 0.6 is 0 Å². The molecule has 188 valence electrons. The predicted octanol–water partition coefficient (Wildman–Crippen LogP) is 8.52. The maximum atomic E-state index is 13.0. The van der Waals surface area contributed by atoms with Crippen LogP contribution in [0.2, 0.25) is 55.9 Å². The van der Waals surface area contributed by atoms with E-state index in [2.05, 4.69) is 101 Å². The van der Waals surface area contributed by atoms with E-state index in [-0.39, 0.29) is 22.0 Å². The lowest BCUT2D eigenvalue weighted by Crippen LogP contribution is -2.52. The average molecular weight is 499 g/mol. The van der Waals surface area contributed by atoms with E-state index in [4.69, 9.17) is 8.85 Å². The lowest BCUT2D eigenvalue weighted by Gasteiger charge is -2.44. The molecule has 0 spiro atoms. The topological polar surface area (TPSA) is 35.5 Å². The molecular formula is C26H54O3Si3. The fraction of sp³-hybridized carbons (Fsp3) is 0.808. The molecule has 0 heterocycles. The first-order valence-corrected chi connectivity index (χ1v) is 21.4. The molecule has 0 radical (unpaired) electrons. The molecule has 3 nitrogen and oxygen atoms in total. The first-order valence-electron chi connectivity index (χ1n) is 12.1. The van der Waals surface area contributed by atoms with Gasteiger partial charge in [0, 0.05) is 6.10 Å². The van der Waals surface area contributed by atoms with Crippen LogP contribution in [0.25, 0.3) is 0 Å². The minimum absolute atomic E-state index is 0.0267. The second-order valence-electron chi connectivity index (χ2n) is 13.8. The van der Waals surface area contributed by atoms with Crippen LogP contribution in [0.3, 0.4) is 0 Å². The first kappa shape index (κ1) is 31.7. The van der Waals surface area contributed by atoms with Gasteiger partial charge >= 0.3 is 0 Å². The van der Waals surface area contributed by atoms with E-state index >= 15 is 0 Å². The summed E-state index contributed by atoms with van der Waals surface area (Å²) in [5.41, 5.74) is -0.875. The van der Waals surface area contributed by atoms with Crippen molar-refractivity contribution in [2.45, 2.75) is 135 Å². The van der Waals surface area contributed by atoms with Gasteiger partial charge < -0.3 is 8.85 Å². The molecule has 0 amide bonds. The standard InChI is InChI=1S/C26H54O3Si3/c1-17-23(27)26(9,29-32(15,16)25(6,7)8)19-18-22(20-21(2)30(10,11)12)28-31(13,14)24(3,4)5/h17,22H,1-2,18-20H2,3-16H3. The zero-order valence-electron chi connectivity index (χ0n) is 23.9. The Morgan fingerprint density at radius 2 is 1.31 bits per heavy atom. The maximum Gasteiger partial charge on any atom is 0.193 e. The number of hydrogen-bond acceptors (Lipinski definition) is 3. The molecular weight excluding hydrogens is 445 g/mol. The van der Waals surface area contributed by atoms with Gasteiger partial charge in [-0.3, -0.25) is 4.79 Å². The van der Waals surface area contributed by atoms with Crippen molar-refractivity contribution in [1.29, 1.82) is 0 Å². The van der Waals surface area contributed by atoms with Gasteiger partial charge in [0.15, 0.2) is 22.4 Å². The Balaban J connectivity index is 5.94. The van der Waals surface area contributed by atoms with Gasteiger partial charge in [-0.2, -0.15) is 0 Å². The highest BCUT2D eigenvalue weighted by Gasteiger charge is 2.46. The monoisotopic (exact) mass is 498 g/mol. The van der Waals surface area contributed by atoms with Gasteiger partial charge in [0.2, 0.25) is 0 Å². The summed E-state index contributed by atoms with van der Waals surface area (Å²) in [7, 11) is -5.58. The molecule has 0 aliphatic rings. The molecule has 2 unspecified atom stereocenters. The molecule has 0 N–H and O–H groups in total. The average Bonchev–Trinajstić information content (AvgIpc) is 2.55. The Kier molecular flexibility index (Phi) is 10.5. The third-order valence-electron chi connectivity index (χ3n) is 7.74. The smallest absolute Gasteiger partial charge is 0.193 e. The van der Waals surface area contributed by atoms with Gasteiger partial charge in [-0.25, -0.2) is 0 Å². The molecule has 0 saturated carbocycles. The van der Waals surface area contributed by atoms with Crippen LogP contribution in [-0.2, 0) is 13.6 Å². The van der Waals surface area contributed by atoms with E-state index in [1.165, 1.54) is 11.3 Å². The van der Waals surface area contributed by atoms with Crippen molar-refractivity contribution in [2.75, 3.05) is 0 Å². The quantitative estimate of drug-likeness (QED) is 0.200. The van der Waals surface area contributed by atoms with E-state index < -0.39 is 30.3 Å². The highest BCUT2D eigenvalue weighted by molar-refractivity contribution is 6.83. The van der Waals surface area contributed by atoms with Crippen molar-refractivity contribution < 1.29 is 13.6 Å². The van der Waals surface area contributed by atoms with E-state index in [0.29, 0.717) is 6.42 Å². The molecule has 0 aliphatic heterocycles. The molecule has 0 aromatic heterocycles. The minimum atomic E-state index is -2.14. The molecule has 0 aromatic carbocycles. The third-order valence-corrected chi connectivity index (χ3v) is 19.2. The molecule has 32 heavy (non-hydrogen) atoms. The summed E-state index contributed by atoms with van der Waals surface area (Å²) in [5, 5.41) is 1.48. The fourth-order valence-electron chi connectivity index (χ4n) is 2.97. The molecule has 0 bridgehead atoms. The summed E-state index contributed by atoms with van der Waals surface area (Å²) in [5.74, 6) is -0.0302. The lowest BCUT2D eigenvalue weighted by atomic mass is 9.92. The largest absolute Gasteiger partial charge is 0.414 e. The van der Waals surface area contributed by atoms with Crippen LogP contribution in [0, 0.1) is 0 Å². The molecule has 0 aromatic rings. The second kappa shape index (κ2) is 10.5. The zero-order chi connectivity index (χ0) is 26.0. The highest BCUT2D eigenvalue weighted by Crippen LogP contribution is 2.42. The van der Waals surface area contributed by atoms with Gasteiger partial charge in [0.1, 0.15) is 5.60 Å². The number of ketones is 1. The minimum Gasteiger partial charge on any atom is -0.414 e. The number of carbonyl (C=O) groups excluding carboxylic acids is 1. The zero-order valence-corrected chi connectivity index (χ0v) is 26.9. The van der Waals surface area contributed by atoms with Crippen LogP contribution in [0.1, 0.15) is 67.7 Å². The molecule has 0 fully saturated rings. The number of rotatable bonds is 12. The van der Waals surface area contributed by atoms with Gasteiger partial charge in [-0.1, -0.05) is 73.0 Å². The predicted molar refractivity (Wildman–Crippen MR) is 150 cm³/mol. The van der Waals surface area contributed by atoms with Gasteiger partial charge in [0.05, 0.1) is 8.07 Å². The summed E-state index contributed by atoms with van der Waals surface area (Å²) >= 11 is 0. The molecule has 6 heteroatoms. The van der Waals surface area contributed by atoms with Crippen molar-refractivity contribution >= 4 is 30.5 Å². The Labute approximate surface area is 203 Å². The molecule has 0 saturated heterocycles. The van der Waals surface area contributed by atoms with E-state index in [0.717, 1.165) is 12.8 Å². The van der Waals surface area contributed by atoms with E-state index in [9.17, 15) is 4.79 Å². The van der Waals surface area contributed by atoms with Crippen LogP contribution in [0.4, 0.5) is 0 Å². The summed E-state index contributed by atoms with van der Waals surface area (Å²) in [6, 6.07) is 0. The number of hydrogen-bond donors (Lipinski definition) is 0. The van der Waals surface area contributed by atoms with E-state index in [1.807, 2.05) is 6.92 Å². The number of carbonyl (C=O) groups is 1. The fourth-order valence-corrected chi connectivity index (χ4v) is 6.83. The summed E-state index contributed by atoms with van der Waals surface area (Å²) < 4.78 is 13.6. The van der Waals surface area contributed by atoms with Crippen molar-refractivity contribution in [3.63, 3.8) is 0 Å². The summed E-state index contributed by atoms with van der Waals surface area (Å²) in [6.07, 6.45) is 3.75. The van der Waals surface area contributed by atoms with E-state index in [1.54, 1.807) is 0 Å². The second-order valence-corrected chi connectivity index (χ2v) is 28.4. The lowest BCUT2D eigenvalue weighted by molar-refractivity contribution is -0.130. The third kappa shape index (κ3) is 8.82. The Hall–Kier alpha value is -0.279. The SMILES string of the molecule is C=CC(=O)C(C)(CCC(CC(=C)[Si](C)(C)C)O[Si](C)(C)C(C)(C)C)O[Si](C)(C)C(C)(C)C. The first-order chi connectivity index (χ1) is 13.9. The van der Waals surface area contributed by atoms with Crippen molar-refractivity contribution in [1.82, 2.24) is 0 Å². The van der Waals surface area contributed by atoms with Crippen LogP contribution in [0.5, 0.6) is 0 Å². The van der Waals surface area contributed by atoms with Crippen LogP contribution in [0.15, 0.2) is 24.4 Å². The summed E-state index contributed by atoms with van der Waals surface area (Å²) in [4.78, 5) is 13.0. The Morgan fingerprint density at radius 1 is 0.875 bits per heavy atom. The Bertz CT molecular complexity index is 676. The molecule has 0 aliphatic carbocycles. The van der Waals surface area contributed by atoms with Crippen molar-refractivity contribution in [3.8, 4) is 0 Å². The maximum absolute atomic E-state index is 13.0. The van der Waals surface area contributed by atoms with Gasteiger partial charge in [-0.05, 0) is 68.5 Å². The van der Waals surface area contributed by atoms with Gasteiger partial charge in [0.25, 0.3) is 0 Å². The van der Waals surface area contributed by atoms with Gasteiger partial charge in [-0.15, -0.1) is 6.58 Å². The van der Waals surface area contributed by atoms with Crippen LogP contribution in [-0.4, -0.2) is 42.2 Å². The van der Waals surface area contributed by atoms with Crippen LogP contribution < -0.4 is 0 Å². The summed E-state index contributed by atoms with van der Waals surface area (Å²) in [6.45, 7) is 39.6. The normalized spacial score (nSPS) is 16.9. The van der Waals surface area contributed by atoms with Crippen molar-refractivity contribution in [2.24, 2.45) is 0 Å². The highest BCUT2D eigenvalue weighted by atomic mass is 28.4. The van der Waals surface area contributed by atoms with Crippen molar-refractivity contribution in [3.05, 3.63) is 24.4 Å². The Morgan fingerprint density at radius 3 is 1.66 bits per heavy atom.